The van der Waals surface area contributed by atoms with Gasteiger partial charge in [-0.3, -0.25) is 14.5 Å². The molecule has 0 bridgehead atoms. The number of likely N-dealkylation sites (N-methyl/N-ethyl adjacent to an activating group) is 1. The highest BCUT2D eigenvalue weighted by Gasteiger charge is 2.31. The fourth-order valence-electron chi connectivity index (χ4n) is 4.16. The molecule has 1 N–H and O–H groups in total. The van der Waals surface area contributed by atoms with Crippen molar-refractivity contribution in [1.29, 1.82) is 0 Å². The van der Waals surface area contributed by atoms with E-state index in [2.05, 4.69) is 11.8 Å². The minimum atomic E-state index is -0.180. The smallest absolute Gasteiger partial charge is 0.305 e. The van der Waals surface area contributed by atoms with E-state index in [9.17, 15) is 14.7 Å². The maximum Gasteiger partial charge on any atom is 0.305 e. The van der Waals surface area contributed by atoms with Crippen LogP contribution in [0.4, 0.5) is 0 Å². The zero-order valence-corrected chi connectivity index (χ0v) is 19.6. The quantitative estimate of drug-likeness (QED) is 0.263. The average Bonchev–Trinajstić information content (AvgIpc) is 3.16. The molecule has 1 rings (SSSR count). The summed E-state index contributed by atoms with van der Waals surface area (Å²) in [4.78, 5) is 28.3. The first-order valence-corrected chi connectivity index (χ1v) is 12.4. The third-order valence-corrected chi connectivity index (χ3v) is 6.10. The van der Waals surface area contributed by atoms with E-state index in [1.807, 2.05) is 7.05 Å². The molecule has 6 heteroatoms. The van der Waals surface area contributed by atoms with Crippen molar-refractivity contribution < 1.29 is 19.4 Å². The highest BCUT2D eigenvalue weighted by Crippen LogP contribution is 2.17. The maximum atomic E-state index is 12.6. The Morgan fingerprint density at radius 1 is 0.967 bits per heavy atom. The lowest BCUT2D eigenvalue weighted by atomic mass is 10.1. The Balaban J connectivity index is 2.04. The number of aliphatic hydroxyl groups excluding tert-OH is 1. The van der Waals surface area contributed by atoms with Crippen LogP contribution in [0.1, 0.15) is 96.8 Å². The summed E-state index contributed by atoms with van der Waals surface area (Å²) in [7, 11) is 1.96. The summed E-state index contributed by atoms with van der Waals surface area (Å²) in [6.07, 6.45) is 16.2. The summed E-state index contributed by atoms with van der Waals surface area (Å²) >= 11 is 0. The molecule has 0 aliphatic carbocycles. The lowest BCUT2D eigenvalue weighted by Gasteiger charge is -2.27. The molecule has 30 heavy (non-hydrogen) atoms. The Hall–Kier alpha value is -1.14. The molecule has 0 aromatic rings. The van der Waals surface area contributed by atoms with Gasteiger partial charge in [0.05, 0.1) is 19.2 Å². The first-order chi connectivity index (χ1) is 14.6. The molecule has 1 amide bonds. The van der Waals surface area contributed by atoms with Crippen molar-refractivity contribution in [3.63, 3.8) is 0 Å². The van der Waals surface area contributed by atoms with E-state index in [-0.39, 0.29) is 31.1 Å². The molecule has 1 fully saturated rings. The standard InChI is InChI=1S/C24H46N2O4/c1-3-4-5-6-7-8-9-10-11-12-13-16-23(28)30-21-19-26(18-20-27)24(29)22-15-14-17-25(22)2/h22,27H,3-21H2,1-2H3/t22-/m1/s1. The van der Waals surface area contributed by atoms with Crippen molar-refractivity contribution in [3.8, 4) is 0 Å². The van der Waals surface area contributed by atoms with Gasteiger partial charge in [-0.15, -0.1) is 0 Å². The summed E-state index contributed by atoms with van der Waals surface area (Å²) in [5.74, 6) is -0.147. The van der Waals surface area contributed by atoms with Crippen LogP contribution in [0.5, 0.6) is 0 Å². The number of hydrogen-bond donors (Lipinski definition) is 1. The van der Waals surface area contributed by atoms with E-state index in [1.54, 1.807) is 4.90 Å². The van der Waals surface area contributed by atoms with Crippen LogP contribution < -0.4 is 0 Å². The predicted octanol–water partition coefficient (Wildman–Crippen LogP) is 4.15. The fraction of sp³-hybridized carbons (Fsp3) is 0.917. The molecule has 176 valence electrons. The van der Waals surface area contributed by atoms with Crippen molar-refractivity contribution in [3.05, 3.63) is 0 Å². The predicted molar refractivity (Wildman–Crippen MR) is 121 cm³/mol. The largest absolute Gasteiger partial charge is 0.464 e. The number of amides is 1. The van der Waals surface area contributed by atoms with Crippen molar-refractivity contribution in [2.24, 2.45) is 0 Å². The molecule has 6 nitrogen and oxygen atoms in total. The highest BCUT2D eigenvalue weighted by atomic mass is 16.5. The Bertz CT molecular complexity index is 458. The third kappa shape index (κ3) is 11.9. The number of likely N-dealkylation sites (tertiary alicyclic amines) is 1. The van der Waals surface area contributed by atoms with Gasteiger partial charge in [-0.2, -0.15) is 0 Å². The van der Waals surface area contributed by atoms with E-state index in [1.165, 1.54) is 57.8 Å². The van der Waals surface area contributed by atoms with Gasteiger partial charge in [0, 0.05) is 13.0 Å². The van der Waals surface area contributed by atoms with Crippen LogP contribution in [0.15, 0.2) is 0 Å². The minimum absolute atomic E-state index is 0.0328. The third-order valence-electron chi connectivity index (χ3n) is 6.10. The summed E-state index contributed by atoms with van der Waals surface area (Å²) in [5.41, 5.74) is 0. The van der Waals surface area contributed by atoms with Gasteiger partial charge < -0.3 is 14.7 Å². The maximum absolute atomic E-state index is 12.6. The summed E-state index contributed by atoms with van der Waals surface area (Å²) < 4.78 is 5.32. The summed E-state index contributed by atoms with van der Waals surface area (Å²) in [5, 5.41) is 9.26. The molecule has 0 aromatic heterocycles. The van der Waals surface area contributed by atoms with E-state index in [0.717, 1.165) is 32.2 Å². The van der Waals surface area contributed by atoms with Crippen molar-refractivity contribution >= 4 is 11.9 Å². The molecule has 1 saturated heterocycles. The van der Waals surface area contributed by atoms with Gasteiger partial charge in [0.15, 0.2) is 0 Å². The van der Waals surface area contributed by atoms with Crippen LogP contribution in [0, 0.1) is 0 Å². The van der Waals surface area contributed by atoms with E-state index in [0.29, 0.717) is 19.5 Å². The van der Waals surface area contributed by atoms with Crippen LogP contribution in [-0.4, -0.2) is 72.7 Å². The van der Waals surface area contributed by atoms with Crippen LogP contribution in [-0.2, 0) is 14.3 Å². The number of carbonyl (C=O) groups excluding carboxylic acids is 2. The first kappa shape index (κ1) is 26.9. The number of esters is 1. The number of nitrogens with zero attached hydrogens (tertiary/aromatic N) is 2. The van der Waals surface area contributed by atoms with Crippen LogP contribution in [0.3, 0.4) is 0 Å². The zero-order valence-electron chi connectivity index (χ0n) is 19.6. The topological polar surface area (TPSA) is 70.1 Å². The molecule has 0 unspecified atom stereocenters. The molecule has 1 heterocycles. The molecule has 0 aromatic carbocycles. The first-order valence-electron chi connectivity index (χ1n) is 12.4. The average molecular weight is 427 g/mol. The molecular weight excluding hydrogens is 380 g/mol. The lowest BCUT2D eigenvalue weighted by Crippen LogP contribution is -2.46. The van der Waals surface area contributed by atoms with Gasteiger partial charge >= 0.3 is 5.97 Å². The van der Waals surface area contributed by atoms with Gasteiger partial charge in [0.2, 0.25) is 5.91 Å². The van der Waals surface area contributed by atoms with Crippen molar-refractivity contribution in [2.75, 3.05) is 39.9 Å². The highest BCUT2D eigenvalue weighted by molar-refractivity contribution is 5.82. The monoisotopic (exact) mass is 426 g/mol. The number of carbonyl (C=O) groups is 2. The summed E-state index contributed by atoms with van der Waals surface area (Å²) in [6, 6.07) is -0.108. The van der Waals surface area contributed by atoms with E-state index >= 15 is 0 Å². The van der Waals surface area contributed by atoms with Gasteiger partial charge in [0.25, 0.3) is 0 Å². The Morgan fingerprint density at radius 3 is 2.10 bits per heavy atom. The van der Waals surface area contributed by atoms with E-state index < -0.39 is 0 Å². The second kappa shape index (κ2) is 17.5. The number of rotatable bonds is 18. The second-order valence-corrected chi connectivity index (χ2v) is 8.69. The van der Waals surface area contributed by atoms with Crippen LogP contribution in [0.25, 0.3) is 0 Å². The van der Waals surface area contributed by atoms with Crippen LogP contribution in [0.2, 0.25) is 0 Å². The van der Waals surface area contributed by atoms with Crippen molar-refractivity contribution in [1.82, 2.24) is 9.80 Å². The van der Waals surface area contributed by atoms with Crippen molar-refractivity contribution in [2.45, 2.75) is 103 Å². The van der Waals surface area contributed by atoms with Gasteiger partial charge in [-0.05, 0) is 32.9 Å². The summed E-state index contributed by atoms with van der Waals surface area (Å²) in [6.45, 7) is 3.96. The minimum Gasteiger partial charge on any atom is -0.464 e. The number of hydrogen-bond acceptors (Lipinski definition) is 5. The van der Waals surface area contributed by atoms with Gasteiger partial charge in [0.1, 0.15) is 6.61 Å². The Labute approximate surface area is 184 Å². The van der Waals surface area contributed by atoms with Gasteiger partial charge in [-0.1, -0.05) is 71.1 Å². The number of ether oxygens (including phenoxy) is 1. The molecule has 1 atom stereocenters. The SMILES string of the molecule is CCCCCCCCCCCCCC(=O)OCCN(CCO)C(=O)[C@H]1CCCN1C. The molecular formula is C24H46N2O4. The molecule has 1 aliphatic rings. The zero-order chi connectivity index (χ0) is 22.0. The molecule has 0 spiro atoms. The molecule has 0 saturated carbocycles. The number of unbranched alkanes of at least 4 members (excludes halogenated alkanes) is 10. The normalized spacial score (nSPS) is 16.7. The Kier molecular flexibility index (Phi) is 15.7. The fourth-order valence-corrected chi connectivity index (χ4v) is 4.16. The molecule has 1 aliphatic heterocycles. The van der Waals surface area contributed by atoms with Crippen LogP contribution >= 0.6 is 0 Å². The van der Waals surface area contributed by atoms with E-state index in [4.69, 9.17) is 4.74 Å². The lowest BCUT2D eigenvalue weighted by molar-refractivity contribution is -0.147. The molecule has 0 radical (unpaired) electrons. The number of aliphatic hydroxyl groups is 1. The van der Waals surface area contributed by atoms with Gasteiger partial charge in [-0.25, -0.2) is 0 Å². The second-order valence-electron chi connectivity index (χ2n) is 8.69. The Morgan fingerprint density at radius 2 is 1.57 bits per heavy atom.